The second-order valence-corrected chi connectivity index (χ2v) is 9.79. The fourth-order valence-electron chi connectivity index (χ4n) is 3.83. The van der Waals surface area contributed by atoms with E-state index in [2.05, 4.69) is 19.8 Å². The van der Waals surface area contributed by atoms with E-state index in [1.54, 1.807) is 17.0 Å². The molecule has 2 aromatic rings. The molecule has 10 nitrogen and oxygen atoms in total. The third-order valence-corrected chi connectivity index (χ3v) is 7.27. The fraction of sp³-hybridized carbons (Fsp3) is 0.632. The lowest BCUT2D eigenvalue weighted by Gasteiger charge is -2.34. The van der Waals surface area contributed by atoms with Crippen molar-refractivity contribution in [1.82, 2.24) is 23.8 Å². The van der Waals surface area contributed by atoms with Crippen molar-refractivity contribution < 1.29 is 13.2 Å². The summed E-state index contributed by atoms with van der Waals surface area (Å²) in [6.07, 6.45) is 3.37. The predicted molar refractivity (Wildman–Crippen MR) is 113 cm³/mol. The first-order chi connectivity index (χ1) is 14.4. The van der Waals surface area contributed by atoms with Gasteiger partial charge in [-0.2, -0.15) is 9.29 Å². The summed E-state index contributed by atoms with van der Waals surface area (Å²) in [5.74, 6) is 2.45. The lowest BCUT2D eigenvalue weighted by atomic mass is 10.2. The number of imidazole rings is 1. The molecule has 2 fully saturated rings. The van der Waals surface area contributed by atoms with E-state index in [9.17, 15) is 8.42 Å². The monoisotopic (exact) mass is 435 g/mol. The summed E-state index contributed by atoms with van der Waals surface area (Å²) in [5, 5.41) is 0.124. The smallest absolute Gasteiger partial charge is 0.262 e. The Morgan fingerprint density at radius 1 is 1.00 bits per heavy atom. The molecule has 2 aromatic heterocycles. The van der Waals surface area contributed by atoms with E-state index in [0.717, 1.165) is 24.7 Å². The number of rotatable bonds is 5. The summed E-state index contributed by atoms with van der Waals surface area (Å²) in [6.45, 7) is 8.85. The molecule has 2 aliphatic heterocycles. The van der Waals surface area contributed by atoms with E-state index >= 15 is 0 Å². The summed E-state index contributed by atoms with van der Waals surface area (Å²) < 4.78 is 34.8. The SMILES string of the molecule is CC(C)c1nc(S(=O)(=O)N2CCN(c3ccnc(N4CCOCC4)n3)CC2)cn1C. The molecule has 164 valence electrons. The molecule has 0 aromatic carbocycles. The highest BCUT2D eigenvalue weighted by atomic mass is 32.2. The molecule has 0 unspecified atom stereocenters. The zero-order valence-electron chi connectivity index (χ0n) is 17.7. The topological polar surface area (TPSA) is 96.7 Å². The Balaban J connectivity index is 1.44. The molecule has 30 heavy (non-hydrogen) atoms. The standard InChI is InChI=1S/C19H29N7O3S/c1-15(2)18-22-17(14-23(18)3)30(27,28)26-8-6-24(7-9-26)16-4-5-20-19(21-16)25-10-12-29-13-11-25/h4-5,14-15H,6-13H2,1-3H3. The van der Waals surface area contributed by atoms with Gasteiger partial charge in [0.25, 0.3) is 10.0 Å². The average Bonchev–Trinajstić information content (AvgIpc) is 3.17. The van der Waals surface area contributed by atoms with Crippen LogP contribution in [0.2, 0.25) is 0 Å². The van der Waals surface area contributed by atoms with Crippen molar-refractivity contribution in [3.05, 3.63) is 24.3 Å². The maximum atomic E-state index is 13.1. The number of hydrogen-bond donors (Lipinski definition) is 0. The molecular weight excluding hydrogens is 406 g/mol. The first-order valence-corrected chi connectivity index (χ1v) is 11.7. The molecule has 0 atom stereocenters. The number of aryl methyl sites for hydroxylation is 1. The van der Waals surface area contributed by atoms with E-state index < -0.39 is 10.0 Å². The van der Waals surface area contributed by atoms with Gasteiger partial charge in [0.05, 0.1) is 13.2 Å². The quantitative estimate of drug-likeness (QED) is 0.677. The summed E-state index contributed by atoms with van der Waals surface area (Å²) in [6, 6.07) is 1.88. The Labute approximate surface area is 177 Å². The van der Waals surface area contributed by atoms with Crippen molar-refractivity contribution >= 4 is 21.8 Å². The molecule has 0 saturated carbocycles. The number of nitrogens with zero attached hydrogens (tertiary/aromatic N) is 7. The second-order valence-electron chi connectivity index (χ2n) is 7.91. The van der Waals surface area contributed by atoms with Crippen molar-refractivity contribution in [3.8, 4) is 0 Å². The molecule has 11 heteroatoms. The van der Waals surface area contributed by atoms with E-state index in [1.165, 1.54) is 4.31 Å². The molecule has 4 heterocycles. The molecule has 0 bridgehead atoms. The van der Waals surface area contributed by atoms with Crippen LogP contribution in [-0.2, 0) is 21.8 Å². The molecule has 0 N–H and O–H groups in total. The Morgan fingerprint density at radius 2 is 1.70 bits per heavy atom. The van der Waals surface area contributed by atoms with Gasteiger partial charge in [-0.05, 0) is 6.07 Å². The zero-order valence-corrected chi connectivity index (χ0v) is 18.5. The maximum Gasteiger partial charge on any atom is 0.262 e. The maximum absolute atomic E-state index is 13.1. The average molecular weight is 436 g/mol. The van der Waals surface area contributed by atoms with E-state index in [-0.39, 0.29) is 10.9 Å². The van der Waals surface area contributed by atoms with Gasteiger partial charge in [-0.25, -0.2) is 18.4 Å². The Kier molecular flexibility index (Phi) is 5.94. The zero-order chi connectivity index (χ0) is 21.3. The number of piperazine rings is 1. The van der Waals surface area contributed by atoms with Crippen molar-refractivity contribution in [3.63, 3.8) is 0 Å². The summed E-state index contributed by atoms with van der Waals surface area (Å²) in [7, 11) is -1.77. The largest absolute Gasteiger partial charge is 0.378 e. The van der Waals surface area contributed by atoms with E-state index in [1.807, 2.05) is 27.0 Å². The van der Waals surface area contributed by atoms with Crippen LogP contribution in [-0.4, -0.2) is 84.7 Å². The molecule has 0 radical (unpaired) electrons. The van der Waals surface area contributed by atoms with Gasteiger partial charge in [-0.1, -0.05) is 13.8 Å². The number of aromatic nitrogens is 4. The third kappa shape index (κ3) is 4.14. The van der Waals surface area contributed by atoms with Crippen LogP contribution < -0.4 is 9.80 Å². The van der Waals surface area contributed by atoms with Crippen molar-refractivity contribution in [2.24, 2.45) is 7.05 Å². The van der Waals surface area contributed by atoms with Gasteiger partial charge in [0.1, 0.15) is 11.6 Å². The highest BCUT2D eigenvalue weighted by Gasteiger charge is 2.31. The first-order valence-electron chi connectivity index (χ1n) is 10.3. The summed E-state index contributed by atoms with van der Waals surface area (Å²) >= 11 is 0. The predicted octanol–water partition coefficient (Wildman–Crippen LogP) is 0.681. The number of ether oxygens (including phenoxy) is 1. The van der Waals surface area contributed by atoms with Crippen LogP contribution in [0.5, 0.6) is 0 Å². The van der Waals surface area contributed by atoms with E-state index in [0.29, 0.717) is 45.3 Å². The van der Waals surface area contributed by atoms with Crippen LogP contribution in [0.3, 0.4) is 0 Å². The van der Waals surface area contributed by atoms with Crippen LogP contribution >= 0.6 is 0 Å². The van der Waals surface area contributed by atoms with Gasteiger partial charge in [0.2, 0.25) is 5.95 Å². The summed E-state index contributed by atoms with van der Waals surface area (Å²) in [4.78, 5) is 17.7. The van der Waals surface area contributed by atoms with Crippen LogP contribution in [0.4, 0.5) is 11.8 Å². The molecule has 0 amide bonds. The highest BCUT2D eigenvalue weighted by molar-refractivity contribution is 7.89. The number of sulfonamides is 1. The van der Waals surface area contributed by atoms with E-state index in [4.69, 9.17) is 9.72 Å². The highest BCUT2D eigenvalue weighted by Crippen LogP contribution is 2.22. The van der Waals surface area contributed by atoms with Crippen molar-refractivity contribution in [1.29, 1.82) is 0 Å². The van der Waals surface area contributed by atoms with Gasteiger partial charge in [-0.15, -0.1) is 0 Å². The Bertz CT molecular complexity index is 978. The van der Waals surface area contributed by atoms with Crippen LogP contribution in [0.1, 0.15) is 25.6 Å². The second kappa shape index (κ2) is 8.48. The molecule has 2 saturated heterocycles. The van der Waals surface area contributed by atoms with Crippen LogP contribution in [0.15, 0.2) is 23.5 Å². The van der Waals surface area contributed by atoms with Gasteiger partial charge in [-0.3, -0.25) is 0 Å². The molecule has 4 rings (SSSR count). The van der Waals surface area contributed by atoms with Gasteiger partial charge < -0.3 is 19.1 Å². The van der Waals surface area contributed by atoms with Gasteiger partial charge >= 0.3 is 0 Å². The number of anilines is 2. The minimum atomic E-state index is -3.61. The van der Waals surface area contributed by atoms with Gasteiger partial charge in [0, 0.05) is 64.6 Å². The molecule has 0 spiro atoms. The lowest BCUT2D eigenvalue weighted by molar-refractivity contribution is 0.122. The fourth-order valence-corrected chi connectivity index (χ4v) is 5.24. The minimum absolute atomic E-state index is 0.124. The first kappa shape index (κ1) is 21.0. The number of morpholine rings is 1. The normalized spacial score (nSPS) is 18.9. The Morgan fingerprint density at radius 3 is 2.33 bits per heavy atom. The van der Waals surface area contributed by atoms with Crippen molar-refractivity contribution in [2.45, 2.75) is 24.8 Å². The third-order valence-electron chi connectivity index (χ3n) is 5.50. The van der Waals surface area contributed by atoms with Crippen molar-refractivity contribution in [2.75, 3.05) is 62.3 Å². The van der Waals surface area contributed by atoms with Crippen LogP contribution in [0, 0.1) is 0 Å². The summed E-state index contributed by atoms with van der Waals surface area (Å²) in [5.41, 5.74) is 0. The van der Waals surface area contributed by atoms with Crippen LogP contribution in [0.25, 0.3) is 0 Å². The van der Waals surface area contributed by atoms with Gasteiger partial charge in [0.15, 0.2) is 5.03 Å². The Hall–Kier alpha value is -2.24. The number of hydrogen-bond acceptors (Lipinski definition) is 8. The lowest BCUT2D eigenvalue weighted by Crippen LogP contribution is -2.49. The molecule has 0 aliphatic carbocycles. The molecule has 2 aliphatic rings. The minimum Gasteiger partial charge on any atom is -0.378 e. The molecular formula is C19H29N7O3S.